The van der Waals surface area contributed by atoms with Gasteiger partial charge in [0.25, 0.3) is 10.2 Å². The molecule has 0 aromatic heterocycles. The Morgan fingerprint density at radius 3 is 2.71 bits per heavy atom. The van der Waals surface area contributed by atoms with Gasteiger partial charge in [0.1, 0.15) is 11.4 Å². The van der Waals surface area contributed by atoms with Crippen molar-refractivity contribution in [1.82, 2.24) is 9.44 Å². The van der Waals surface area contributed by atoms with Crippen LogP contribution in [-0.2, 0) is 10.2 Å². The molecule has 1 aromatic carbocycles. The van der Waals surface area contributed by atoms with Gasteiger partial charge in [-0.1, -0.05) is 6.92 Å². The van der Waals surface area contributed by atoms with Crippen molar-refractivity contribution in [2.24, 2.45) is 0 Å². The van der Waals surface area contributed by atoms with Crippen molar-refractivity contribution in [2.45, 2.75) is 38.8 Å². The summed E-state index contributed by atoms with van der Waals surface area (Å²) in [5, 5.41) is 0. The molecule has 120 valence electrons. The van der Waals surface area contributed by atoms with Gasteiger partial charge < -0.3 is 10.5 Å². The molecule has 1 unspecified atom stereocenters. The molecule has 0 radical (unpaired) electrons. The molecule has 0 spiro atoms. The van der Waals surface area contributed by atoms with Crippen molar-refractivity contribution < 1.29 is 13.2 Å². The number of ether oxygens (including phenoxy) is 1. The van der Waals surface area contributed by atoms with Crippen molar-refractivity contribution >= 4 is 28.3 Å². The molecule has 0 fully saturated rings. The summed E-state index contributed by atoms with van der Waals surface area (Å²) >= 11 is 0. The van der Waals surface area contributed by atoms with Gasteiger partial charge in [0.05, 0.1) is 6.04 Å². The van der Waals surface area contributed by atoms with Gasteiger partial charge >= 0.3 is 0 Å². The summed E-state index contributed by atoms with van der Waals surface area (Å²) in [7, 11) is -3.53. The number of nitrogen functional groups attached to an aromatic ring is 1. The second-order valence-electron chi connectivity index (χ2n) is 5.53. The van der Waals surface area contributed by atoms with Crippen LogP contribution >= 0.6 is 12.4 Å². The fourth-order valence-corrected chi connectivity index (χ4v) is 3.45. The van der Waals surface area contributed by atoms with Gasteiger partial charge in [-0.25, -0.2) is 4.72 Å². The first kappa shape index (κ1) is 18.0. The number of anilines is 1. The van der Waals surface area contributed by atoms with Crippen LogP contribution in [0.3, 0.4) is 0 Å². The van der Waals surface area contributed by atoms with E-state index in [9.17, 15) is 8.42 Å². The van der Waals surface area contributed by atoms with Gasteiger partial charge in [0.15, 0.2) is 0 Å². The average Bonchev–Trinajstić information content (AvgIpc) is 2.28. The number of hydrogen-bond acceptors (Lipinski definition) is 4. The van der Waals surface area contributed by atoms with Crippen molar-refractivity contribution in [3.63, 3.8) is 0 Å². The first-order valence-corrected chi connectivity index (χ1v) is 8.06. The highest BCUT2D eigenvalue weighted by Crippen LogP contribution is 2.40. The number of fused-ring (bicyclic) bond motifs is 1. The number of rotatable bonds is 4. The molecule has 4 N–H and O–H groups in total. The number of benzene rings is 1. The molecule has 0 amide bonds. The lowest BCUT2D eigenvalue weighted by molar-refractivity contribution is 0.0702. The Bertz CT molecular complexity index is 605. The molecule has 8 heteroatoms. The zero-order valence-electron chi connectivity index (χ0n) is 12.3. The molecule has 0 aliphatic carbocycles. The fraction of sp³-hybridized carbons (Fsp3) is 0.538. The average molecular weight is 336 g/mol. The number of halogens is 1. The van der Waals surface area contributed by atoms with Crippen LogP contribution in [0.1, 0.15) is 38.8 Å². The summed E-state index contributed by atoms with van der Waals surface area (Å²) in [4.78, 5) is 0. The molecule has 0 saturated carbocycles. The van der Waals surface area contributed by atoms with E-state index in [0.29, 0.717) is 24.4 Å². The largest absolute Gasteiger partial charge is 0.487 e. The van der Waals surface area contributed by atoms with Crippen molar-refractivity contribution in [3.05, 3.63) is 23.8 Å². The highest BCUT2D eigenvalue weighted by atomic mass is 35.5. The zero-order valence-corrected chi connectivity index (χ0v) is 14.0. The highest BCUT2D eigenvalue weighted by molar-refractivity contribution is 7.87. The number of nitrogens with one attached hydrogen (secondary N) is 2. The molecule has 1 aromatic rings. The van der Waals surface area contributed by atoms with E-state index in [2.05, 4.69) is 9.44 Å². The van der Waals surface area contributed by atoms with E-state index in [4.69, 9.17) is 10.5 Å². The van der Waals surface area contributed by atoms with Crippen molar-refractivity contribution in [1.29, 1.82) is 0 Å². The van der Waals surface area contributed by atoms with Gasteiger partial charge in [0.2, 0.25) is 0 Å². The minimum absolute atomic E-state index is 0. The SMILES string of the molecule is CCNS(=O)(=O)NC1CC(C)(C)Oc2ccc(N)cc21.Cl. The van der Waals surface area contributed by atoms with E-state index >= 15 is 0 Å². The predicted molar refractivity (Wildman–Crippen MR) is 85.9 cm³/mol. The monoisotopic (exact) mass is 335 g/mol. The summed E-state index contributed by atoms with van der Waals surface area (Å²) < 4.78 is 34.8. The summed E-state index contributed by atoms with van der Waals surface area (Å²) in [6.07, 6.45) is 0.536. The second kappa shape index (κ2) is 6.39. The molecule has 1 heterocycles. The maximum Gasteiger partial charge on any atom is 0.277 e. The van der Waals surface area contributed by atoms with Gasteiger partial charge in [-0.2, -0.15) is 13.1 Å². The molecule has 0 bridgehead atoms. The molecule has 1 aliphatic heterocycles. The third-order valence-corrected chi connectivity index (χ3v) is 4.39. The molecule has 6 nitrogen and oxygen atoms in total. The van der Waals surface area contributed by atoms with E-state index in [-0.39, 0.29) is 18.4 Å². The van der Waals surface area contributed by atoms with Crippen molar-refractivity contribution in [2.75, 3.05) is 12.3 Å². The molecule has 21 heavy (non-hydrogen) atoms. The van der Waals surface area contributed by atoms with E-state index < -0.39 is 15.8 Å². The quantitative estimate of drug-likeness (QED) is 0.730. The molecular formula is C13H22ClN3O3S. The Morgan fingerprint density at radius 2 is 2.10 bits per heavy atom. The van der Waals surface area contributed by atoms with Gasteiger partial charge in [0, 0.05) is 24.2 Å². The lowest BCUT2D eigenvalue weighted by Crippen LogP contribution is -2.44. The van der Waals surface area contributed by atoms with Crippen LogP contribution in [0.25, 0.3) is 0 Å². The van der Waals surface area contributed by atoms with Gasteiger partial charge in [-0.3, -0.25) is 0 Å². The molecule has 2 rings (SSSR count). The van der Waals surface area contributed by atoms with Crippen LogP contribution in [0.15, 0.2) is 18.2 Å². The number of nitrogens with two attached hydrogens (primary N) is 1. The molecule has 1 atom stereocenters. The lowest BCUT2D eigenvalue weighted by atomic mass is 9.90. The normalized spacial score (nSPS) is 20.0. The predicted octanol–water partition coefficient (Wildman–Crippen LogP) is 1.74. The van der Waals surface area contributed by atoms with Crippen LogP contribution in [-0.4, -0.2) is 20.6 Å². The third-order valence-electron chi connectivity index (χ3n) is 3.12. The van der Waals surface area contributed by atoms with Gasteiger partial charge in [-0.05, 0) is 32.0 Å². The third kappa shape index (κ3) is 4.47. The van der Waals surface area contributed by atoms with Crippen LogP contribution in [0.2, 0.25) is 0 Å². The fourth-order valence-electron chi connectivity index (χ4n) is 2.40. The summed E-state index contributed by atoms with van der Waals surface area (Å²) in [5.74, 6) is 0.666. The smallest absolute Gasteiger partial charge is 0.277 e. The summed E-state index contributed by atoms with van der Waals surface area (Å²) in [6.45, 7) is 5.94. The lowest BCUT2D eigenvalue weighted by Gasteiger charge is -2.37. The highest BCUT2D eigenvalue weighted by Gasteiger charge is 2.35. The Labute approximate surface area is 132 Å². The van der Waals surface area contributed by atoms with E-state index in [1.54, 1.807) is 25.1 Å². The minimum Gasteiger partial charge on any atom is -0.487 e. The topological polar surface area (TPSA) is 93.5 Å². The van der Waals surface area contributed by atoms with Crippen LogP contribution in [0.4, 0.5) is 5.69 Å². The van der Waals surface area contributed by atoms with Crippen molar-refractivity contribution in [3.8, 4) is 5.75 Å². The van der Waals surface area contributed by atoms with E-state index in [1.165, 1.54) is 0 Å². The first-order valence-electron chi connectivity index (χ1n) is 6.58. The number of hydrogen-bond donors (Lipinski definition) is 3. The second-order valence-corrected chi connectivity index (χ2v) is 7.07. The Balaban J connectivity index is 0.00000220. The first-order chi connectivity index (χ1) is 9.22. The Morgan fingerprint density at radius 1 is 1.43 bits per heavy atom. The maximum absolute atomic E-state index is 11.9. The summed E-state index contributed by atoms with van der Waals surface area (Å²) in [5.41, 5.74) is 6.70. The standard InChI is InChI=1S/C13H21N3O3S.ClH/c1-4-15-20(17,18)16-11-8-13(2,3)19-12-6-5-9(14)7-10(11)12;/h5-7,11,15-16H,4,8,14H2,1-3H3;1H. The Kier molecular flexibility index (Phi) is 5.49. The minimum atomic E-state index is -3.53. The van der Waals surface area contributed by atoms with Crippen LogP contribution < -0.4 is 19.9 Å². The van der Waals surface area contributed by atoms with Crippen LogP contribution in [0.5, 0.6) is 5.75 Å². The maximum atomic E-state index is 11.9. The molecule has 0 saturated heterocycles. The molecule has 1 aliphatic rings. The van der Waals surface area contributed by atoms with E-state index in [1.807, 2.05) is 13.8 Å². The zero-order chi connectivity index (χ0) is 15.0. The van der Waals surface area contributed by atoms with Crippen LogP contribution in [0, 0.1) is 0 Å². The van der Waals surface area contributed by atoms with E-state index in [0.717, 1.165) is 5.56 Å². The Hall–Kier alpha value is -1.02. The van der Waals surface area contributed by atoms with Gasteiger partial charge in [-0.15, -0.1) is 12.4 Å². The molecular weight excluding hydrogens is 314 g/mol. The summed E-state index contributed by atoms with van der Waals surface area (Å²) in [6, 6.07) is 4.92.